The first-order chi connectivity index (χ1) is 9.17. The molecule has 1 aromatic heterocycles. The van der Waals surface area contributed by atoms with Crippen molar-refractivity contribution in [3.05, 3.63) is 24.3 Å². The van der Waals surface area contributed by atoms with Crippen LogP contribution in [0.1, 0.15) is 13.8 Å². The Morgan fingerprint density at radius 2 is 2.00 bits per heavy atom. The smallest absolute Gasteiger partial charge is 0.210 e. The number of hydrogen-bond donors (Lipinski definition) is 1. The Balaban J connectivity index is 1.95. The molecule has 0 saturated carbocycles. The molecule has 4 nitrogen and oxygen atoms in total. The summed E-state index contributed by atoms with van der Waals surface area (Å²) in [5.41, 5.74) is 0.984. The fourth-order valence-corrected chi connectivity index (χ4v) is 3.10. The van der Waals surface area contributed by atoms with E-state index in [1.54, 1.807) is 30.2 Å². The Bertz CT molecular complexity index is 511. The quantitative estimate of drug-likeness (QED) is 0.815. The highest BCUT2D eigenvalue weighted by Gasteiger charge is 2.06. The molecule has 1 heterocycles. The first-order valence-electron chi connectivity index (χ1n) is 6.04. The number of anilines is 2. The summed E-state index contributed by atoms with van der Waals surface area (Å²) in [4.78, 5) is 0. The van der Waals surface area contributed by atoms with Gasteiger partial charge in [-0.3, -0.25) is 0 Å². The van der Waals surface area contributed by atoms with Crippen molar-refractivity contribution in [2.75, 3.05) is 18.2 Å². The van der Waals surface area contributed by atoms with Gasteiger partial charge in [-0.05, 0) is 30.2 Å². The van der Waals surface area contributed by atoms with Crippen LogP contribution < -0.4 is 10.1 Å². The highest BCUT2D eigenvalue weighted by atomic mass is 32.2. The lowest BCUT2D eigenvalue weighted by Gasteiger charge is -2.03. The van der Waals surface area contributed by atoms with E-state index in [0.717, 1.165) is 26.7 Å². The predicted molar refractivity (Wildman–Crippen MR) is 81.7 cm³/mol. The maximum atomic E-state index is 5.12. The van der Waals surface area contributed by atoms with Crippen LogP contribution >= 0.6 is 23.1 Å². The van der Waals surface area contributed by atoms with Crippen LogP contribution in [0.15, 0.2) is 28.6 Å². The molecule has 0 bridgehead atoms. The molecule has 1 aromatic carbocycles. The molecule has 0 aliphatic heterocycles. The lowest BCUT2D eigenvalue weighted by Crippen LogP contribution is -1.89. The highest BCUT2D eigenvalue weighted by Crippen LogP contribution is 2.29. The van der Waals surface area contributed by atoms with Gasteiger partial charge in [0.1, 0.15) is 5.75 Å². The van der Waals surface area contributed by atoms with Crippen molar-refractivity contribution in [3.8, 4) is 5.75 Å². The molecule has 0 spiro atoms. The number of rotatable bonds is 6. The first-order valence-corrected chi connectivity index (χ1v) is 7.85. The molecule has 1 N–H and O–H groups in total. The Labute approximate surface area is 121 Å². The summed E-state index contributed by atoms with van der Waals surface area (Å²) < 4.78 is 6.13. The summed E-state index contributed by atoms with van der Waals surface area (Å²) in [5, 5.41) is 12.4. The van der Waals surface area contributed by atoms with Gasteiger partial charge in [-0.15, -0.1) is 10.2 Å². The Hall–Kier alpha value is -1.27. The highest BCUT2D eigenvalue weighted by molar-refractivity contribution is 8.01. The maximum Gasteiger partial charge on any atom is 0.210 e. The molecule has 19 heavy (non-hydrogen) atoms. The molecule has 0 atom stereocenters. The van der Waals surface area contributed by atoms with Gasteiger partial charge >= 0.3 is 0 Å². The number of thioether (sulfide) groups is 1. The molecule has 0 saturated heterocycles. The van der Waals surface area contributed by atoms with Gasteiger partial charge < -0.3 is 10.1 Å². The number of aromatic nitrogens is 2. The zero-order valence-corrected chi connectivity index (χ0v) is 12.8. The van der Waals surface area contributed by atoms with E-state index in [1.807, 2.05) is 24.3 Å². The fourth-order valence-electron chi connectivity index (χ4n) is 1.35. The number of methoxy groups -OCH3 is 1. The van der Waals surface area contributed by atoms with Crippen LogP contribution in [0.25, 0.3) is 0 Å². The van der Waals surface area contributed by atoms with Crippen molar-refractivity contribution < 1.29 is 4.74 Å². The number of nitrogens with one attached hydrogen (secondary N) is 1. The van der Waals surface area contributed by atoms with Gasteiger partial charge in [-0.1, -0.05) is 36.9 Å². The van der Waals surface area contributed by atoms with E-state index in [0.29, 0.717) is 5.92 Å². The van der Waals surface area contributed by atoms with Crippen molar-refractivity contribution in [1.29, 1.82) is 0 Å². The third-order valence-electron chi connectivity index (χ3n) is 2.29. The summed E-state index contributed by atoms with van der Waals surface area (Å²) >= 11 is 3.33. The van der Waals surface area contributed by atoms with E-state index in [-0.39, 0.29) is 0 Å². The van der Waals surface area contributed by atoms with Crippen molar-refractivity contribution in [2.24, 2.45) is 5.92 Å². The SMILES string of the molecule is COc1ccc(Nc2nnc(SCC(C)C)s2)cc1. The average molecular weight is 295 g/mol. The fraction of sp³-hybridized carbons (Fsp3) is 0.385. The normalized spacial score (nSPS) is 10.7. The Kier molecular flexibility index (Phi) is 5.04. The number of hydrogen-bond acceptors (Lipinski definition) is 6. The minimum Gasteiger partial charge on any atom is -0.497 e. The second-order valence-electron chi connectivity index (χ2n) is 4.43. The second-order valence-corrected chi connectivity index (χ2v) is 6.68. The average Bonchev–Trinajstić information content (AvgIpc) is 2.85. The van der Waals surface area contributed by atoms with Gasteiger partial charge in [-0.25, -0.2) is 0 Å². The number of benzene rings is 1. The number of ether oxygens (including phenoxy) is 1. The molecule has 0 aliphatic rings. The minimum absolute atomic E-state index is 0.659. The maximum absolute atomic E-state index is 5.12. The topological polar surface area (TPSA) is 47.0 Å². The Morgan fingerprint density at radius 1 is 1.26 bits per heavy atom. The summed E-state index contributed by atoms with van der Waals surface area (Å²) in [6, 6.07) is 7.75. The van der Waals surface area contributed by atoms with Gasteiger partial charge in [0.05, 0.1) is 7.11 Å². The lowest BCUT2D eigenvalue weighted by atomic mass is 10.3. The minimum atomic E-state index is 0.659. The molecule has 2 aromatic rings. The van der Waals surface area contributed by atoms with Crippen molar-refractivity contribution in [2.45, 2.75) is 18.2 Å². The van der Waals surface area contributed by atoms with E-state index in [1.165, 1.54) is 0 Å². The summed E-state index contributed by atoms with van der Waals surface area (Å²) in [6.07, 6.45) is 0. The van der Waals surface area contributed by atoms with Crippen LogP contribution in [0.5, 0.6) is 5.75 Å². The Morgan fingerprint density at radius 3 is 2.63 bits per heavy atom. The molecule has 6 heteroatoms. The molecular weight excluding hydrogens is 278 g/mol. The molecule has 0 amide bonds. The zero-order valence-electron chi connectivity index (χ0n) is 11.2. The molecule has 0 aliphatic carbocycles. The monoisotopic (exact) mass is 295 g/mol. The molecule has 102 valence electrons. The van der Waals surface area contributed by atoms with Gasteiger partial charge in [0, 0.05) is 11.4 Å². The standard InChI is InChI=1S/C13H17N3OS2/c1-9(2)8-18-13-16-15-12(19-13)14-10-4-6-11(17-3)7-5-10/h4-7,9H,8H2,1-3H3,(H,14,15). The van der Waals surface area contributed by atoms with Crippen molar-refractivity contribution in [3.63, 3.8) is 0 Å². The molecule has 0 radical (unpaired) electrons. The van der Waals surface area contributed by atoms with E-state index < -0.39 is 0 Å². The van der Waals surface area contributed by atoms with Crippen molar-refractivity contribution >= 4 is 33.9 Å². The third-order valence-corrected chi connectivity index (χ3v) is 4.69. The summed E-state index contributed by atoms with van der Waals surface area (Å²) in [5.74, 6) is 2.57. The first kappa shape index (κ1) is 14.1. The second kappa shape index (κ2) is 6.77. The van der Waals surface area contributed by atoms with E-state index in [2.05, 4.69) is 29.4 Å². The molecular formula is C13H17N3OS2. The van der Waals surface area contributed by atoms with Crippen LogP contribution in [0, 0.1) is 5.92 Å². The van der Waals surface area contributed by atoms with Gasteiger partial charge in [0.15, 0.2) is 4.34 Å². The van der Waals surface area contributed by atoms with Crippen LogP contribution in [-0.4, -0.2) is 23.1 Å². The lowest BCUT2D eigenvalue weighted by molar-refractivity contribution is 0.415. The van der Waals surface area contributed by atoms with E-state index in [4.69, 9.17) is 4.74 Å². The van der Waals surface area contributed by atoms with Crippen LogP contribution in [0.4, 0.5) is 10.8 Å². The zero-order chi connectivity index (χ0) is 13.7. The van der Waals surface area contributed by atoms with E-state index in [9.17, 15) is 0 Å². The van der Waals surface area contributed by atoms with Crippen LogP contribution in [0.2, 0.25) is 0 Å². The van der Waals surface area contributed by atoms with Gasteiger partial charge in [-0.2, -0.15) is 0 Å². The third kappa shape index (κ3) is 4.40. The van der Waals surface area contributed by atoms with Crippen LogP contribution in [0.3, 0.4) is 0 Å². The van der Waals surface area contributed by atoms with Gasteiger partial charge in [0.25, 0.3) is 0 Å². The molecule has 2 rings (SSSR count). The molecule has 0 unspecified atom stereocenters. The van der Waals surface area contributed by atoms with Crippen molar-refractivity contribution in [1.82, 2.24) is 10.2 Å². The van der Waals surface area contributed by atoms with E-state index >= 15 is 0 Å². The number of nitrogens with zero attached hydrogens (tertiary/aromatic N) is 2. The van der Waals surface area contributed by atoms with Crippen LogP contribution in [-0.2, 0) is 0 Å². The van der Waals surface area contributed by atoms with Gasteiger partial charge in [0.2, 0.25) is 5.13 Å². The predicted octanol–water partition coefficient (Wildman–Crippen LogP) is 4.04. The summed E-state index contributed by atoms with van der Waals surface area (Å²) in [7, 11) is 1.66. The summed E-state index contributed by atoms with van der Waals surface area (Å²) in [6.45, 7) is 4.40. The largest absolute Gasteiger partial charge is 0.497 e. The molecule has 0 fully saturated rings.